The Hall–Kier alpha value is -1.24. The highest BCUT2D eigenvalue weighted by molar-refractivity contribution is 6.30. The van der Waals surface area contributed by atoms with E-state index in [1.165, 1.54) is 19.2 Å². The van der Waals surface area contributed by atoms with E-state index in [9.17, 15) is 13.6 Å². The summed E-state index contributed by atoms with van der Waals surface area (Å²) in [6.45, 7) is -0.215. The van der Waals surface area contributed by atoms with E-state index in [4.69, 9.17) is 21.4 Å². The summed E-state index contributed by atoms with van der Waals surface area (Å²) < 4.78 is 31.3. The van der Waals surface area contributed by atoms with Crippen LogP contribution in [-0.4, -0.2) is 30.8 Å². The number of rotatable bonds is 6. The molecule has 0 saturated heterocycles. The molecule has 0 aliphatic rings. The average Bonchev–Trinajstić information content (AvgIpc) is 2.33. The predicted octanol–water partition coefficient (Wildman–Crippen LogP) is 1.81. The number of hydrogen-bond donors (Lipinski definition) is 2. The van der Waals surface area contributed by atoms with Gasteiger partial charge in [-0.05, 0) is 6.07 Å². The lowest BCUT2D eigenvalue weighted by molar-refractivity contribution is -0.140. The van der Waals surface area contributed by atoms with E-state index < -0.39 is 23.6 Å². The van der Waals surface area contributed by atoms with Crippen molar-refractivity contribution in [2.24, 2.45) is 0 Å². The van der Waals surface area contributed by atoms with Crippen LogP contribution in [0, 0.1) is 11.6 Å². The number of methoxy groups -OCH3 is 1. The van der Waals surface area contributed by atoms with E-state index in [0.29, 0.717) is 0 Å². The topological polar surface area (TPSA) is 58.6 Å². The minimum atomic E-state index is -1.14. The van der Waals surface area contributed by atoms with Crippen LogP contribution < -0.4 is 5.32 Å². The second-order valence-corrected chi connectivity index (χ2v) is 3.97. The summed E-state index contributed by atoms with van der Waals surface area (Å²) in [4.78, 5) is 10.8. The fourth-order valence-corrected chi connectivity index (χ4v) is 1.47. The van der Waals surface area contributed by atoms with Crippen LogP contribution in [0.25, 0.3) is 0 Å². The van der Waals surface area contributed by atoms with E-state index in [1.807, 2.05) is 0 Å². The van der Waals surface area contributed by atoms with Crippen molar-refractivity contribution in [1.82, 2.24) is 5.32 Å². The van der Waals surface area contributed by atoms with Gasteiger partial charge < -0.3 is 9.84 Å². The van der Waals surface area contributed by atoms with E-state index >= 15 is 0 Å². The molecule has 0 radical (unpaired) electrons. The van der Waals surface area contributed by atoms with E-state index in [1.54, 1.807) is 0 Å². The number of carboxylic acids is 1. The van der Waals surface area contributed by atoms with Crippen molar-refractivity contribution in [3.05, 3.63) is 34.4 Å². The zero-order chi connectivity index (χ0) is 13.7. The van der Waals surface area contributed by atoms with E-state index in [-0.39, 0.29) is 23.7 Å². The van der Waals surface area contributed by atoms with Gasteiger partial charge in [0.2, 0.25) is 0 Å². The Labute approximate surface area is 108 Å². The molecule has 0 aliphatic carbocycles. The van der Waals surface area contributed by atoms with Gasteiger partial charge in [0, 0.05) is 19.2 Å². The molecule has 1 unspecified atom stereocenters. The van der Waals surface area contributed by atoms with Crippen molar-refractivity contribution < 1.29 is 23.4 Å². The summed E-state index contributed by atoms with van der Waals surface area (Å²) in [5.74, 6) is -3.36. The minimum Gasteiger partial charge on any atom is -0.480 e. The standard InChI is InChI=1S/C11H12ClF2NO3/c1-18-5-8(11(16)17)15-4-6-2-3-7(12)10(14)9(6)13/h2-3,8,15H,4-5H2,1H3,(H,16,17). The van der Waals surface area contributed by atoms with Gasteiger partial charge in [-0.3, -0.25) is 10.1 Å². The van der Waals surface area contributed by atoms with Crippen molar-refractivity contribution in [3.8, 4) is 0 Å². The Morgan fingerprint density at radius 1 is 1.50 bits per heavy atom. The lowest BCUT2D eigenvalue weighted by atomic mass is 10.2. The SMILES string of the molecule is COCC(NCc1ccc(Cl)c(F)c1F)C(=O)O. The van der Waals surface area contributed by atoms with Gasteiger partial charge in [-0.2, -0.15) is 0 Å². The number of nitrogens with one attached hydrogen (secondary N) is 1. The summed E-state index contributed by atoms with van der Waals surface area (Å²) in [7, 11) is 1.35. The lowest BCUT2D eigenvalue weighted by Crippen LogP contribution is -2.40. The number of carbonyl (C=O) groups is 1. The van der Waals surface area contributed by atoms with Gasteiger partial charge in [-0.15, -0.1) is 0 Å². The second kappa shape index (κ2) is 6.63. The van der Waals surface area contributed by atoms with Crippen LogP contribution in [0.4, 0.5) is 8.78 Å². The zero-order valence-electron chi connectivity index (χ0n) is 9.54. The summed E-state index contributed by atoms with van der Waals surface area (Å²) in [6.07, 6.45) is 0. The van der Waals surface area contributed by atoms with E-state index in [0.717, 1.165) is 0 Å². The number of carboxylic acid groups (broad SMARTS) is 1. The molecule has 7 heteroatoms. The Kier molecular flexibility index (Phi) is 5.46. The highest BCUT2D eigenvalue weighted by Crippen LogP contribution is 2.20. The molecule has 18 heavy (non-hydrogen) atoms. The summed E-state index contributed by atoms with van der Waals surface area (Å²) in [5.41, 5.74) is -0.000692. The maximum absolute atomic E-state index is 13.4. The molecular weight excluding hydrogens is 268 g/mol. The van der Waals surface area contributed by atoms with Gasteiger partial charge in [0.25, 0.3) is 0 Å². The second-order valence-electron chi connectivity index (χ2n) is 3.56. The van der Waals surface area contributed by atoms with Crippen molar-refractivity contribution in [3.63, 3.8) is 0 Å². The average molecular weight is 280 g/mol. The molecule has 1 aromatic carbocycles. The van der Waals surface area contributed by atoms with Gasteiger partial charge in [-0.1, -0.05) is 17.7 Å². The van der Waals surface area contributed by atoms with Crippen LogP contribution in [0.15, 0.2) is 12.1 Å². The third kappa shape index (κ3) is 3.63. The molecule has 0 spiro atoms. The Bertz CT molecular complexity index is 443. The van der Waals surface area contributed by atoms with Crippen molar-refractivity contribution >= 4 is 17.6 Å². The van der Waals surface area contributed by atoms with Crippen LogP contribution in [0.2, 0.25) is 5.02 Å². The number of halogens is 3. The summed E-state index contributed by atoms with van der Waals surface area (Å²) >= 11 is 5.40. The first-order valence-corrected chi connectivity index (χ1v) is 5.42. The molecule has 4 nitrogen and oxygen atoms in total. The fourth-order valence-electron chi connectivity index (χ4n) is 1.32. The smallest absolute Gasteiger partial charge is 0.323 e. The van der Waals surface area contributed by atoms with Crippen LogP contribution in [0.3, 0.4) is 0 Å². The number of benzene rings is 1. The first-order valence-electron chi connectivity index (χ1n) is 5.04. The van der Waals surface area contributed by atoms with Gasteiger partial charge in [0.1, 0.15) is 6.04 Å². The number of hydrogen-bond acceptors (Lipinski definition) is 3. The molecule has 1 aromatic rings. The Balaban J connectivity index is 2.73. The molecule has 0 amide bonds. The highest BCUT2D eigenvalue weighted by Gasteiger charge is 2.18. The van der Waals surface area contributed by atoms with Gasteiger partial charge in [0.05, 0.1) is 11.6 Å². The molecule has 2 N–H and O–H groups in total. The molecule has 0 aliphatic heterocycles. The van der Waals surface area contributed by atoms with Crippen LogP contribution in [0.1, 0.15) is 5.56 Å². The molecule has 1 atom stereocenters. The maximum Gasteiger partial charge on any atom is 0.323 e. The van der Waals surface area contributed by atoms with Crippen LogP contribution in [0.5, 0.6) is 0 Å². The van der Waals surface area contributed by atoms with Crippen molar-refractivity contribution in [2.45, 2.75) is 12.6 Å². The molecule has 0 bridgehead atoms. The van der Waals surface area contributed by atoms with Crippen molar-refractivity contribution in [1.29, 1.82) is 0 Å². The van der Waals surface area contributed by atoms with Crippen LogP contribution >= 0.6 is 11.6 Å². The minimum absolute atomic E-state index is 0.000692. The molecule has 100 valence electrons. The number of ether oxygens (including phenoxy) is 1. The molecule has 1 rings (SSSR count). The third-order valence-corrected chi connectivity index (χ3v) is 2.58. The predicted molar refractivity (Wildman–Crippen MR) is 61.5 cm³/mol. The highest BCUT2D eigenvalue weighted by atomic mass is 35.5. The fraction of sp³-hybridized carbons (Fsp3) is 0.364. The lowest BCUT2D eigenvalue weighted by Gasteiger charge is -2.14. The monoisotopic (exact) mass is 279 g/mol. The number of aliphatic carboxylic acids is 1. The maximum atomic E-state index is 13.4. The largest absolute Gasteiger partial charge is 0.480 e. The van der Waals surface area contributed by atoms with Gasteiger partial charge in [0.15, 0.2) is 11.6 Å². The summed E-state index contributed by atoms with van der Waals surface area (Å²) in [6, 6.07) is 1.51. The third-order valence-electron chi connectivity index (χ3n) is 2.29. The van der Waals surface area contributed by atoms with E-state index in [2.05, 4.69) is 5.32 Å². The zero-order valence-corrected chi connectivity index (χ0v) is 10.3. The normalized spacial score (nSPS) is 12.4. The Morgan fingerprint density at radius 3 is 2.72 bits per heavy atom. The van der Waals surface area contributed by atoms with Gasteiger partial charge >= 0.3 is 5.97 Å². The van der Waals surface area contributed by atoms with Gasteiger partial charge in [-0.25, -0.2) is 8.78 Å². The van der Waals surface area contributed by atoms with Crippen LogP contribution in [-0.2, 0) is 16.1 Å². The quantitative estimate of drug-likeness (QED) is 0.780. The molecule has 0 saturated carbocycles. The molecule has 0 aromatic heterocycles. The molecule has 0 fully saturated rings. The molecule has 0 heterocycles. The first-order chi connectivity index (χ1) is 8.47. The summed E-state index contributed by atoms with van der Waals surface area (Å²) in [5, 5.41) is 11.1. The van der Waals surface area contributed by atoms with Crippen molar-refractivity contribution in [2.75, 3.05) is 13.7 Å². The molecular formula is C11H12ClF2NO3. The Morgan fingerprint density at radius 2 is 2.17 bits per heavy atom. The first kappa shape index (κ1) is 14.8.